The van der Waals surface area contributed by atoms with Crippen LogP contribution in [0.4, 0.5) is 4.39 Å². The van der Waals surface area contributed by atoms with E-state index in [1.165, 1.54) is 11.6 Å². The zero-order valence-electron chi connectivity index (χ0n) is 18.9. The van der Waals surface area contributed by atoms with Gasteiger partial charge in [0.15, 0.2) is 0 Å². The third-order valence-corrected chi connectivity index (χ3v) is 6.96. The maximum absolute atomic E-state index is 14.4. The summed E-state index contributed by atoms with van der Waals surface area (Å²) in [6.45, 7) is 5.86. The lowest BCUT2D eigenvalue weighted by Gasteiger charge is -2.24. The molecule has 1 fully saturated rings. The number of fused-ring (bicyclic) bond motifs is 4. The molecule has 0 radical (unpaired) electrons. The smallest absolute Gasteiger partial charge is 0.144 e. The van der Waals surface area contributed by atoms with Gasteiger partial charge >= 0.3 is 0 Å². The summed E-state index contributed by atoms with van der Waals surface area (Å²) in [5.74, 6) is 0.461. The Morgan fingerprint density at radius 2 is 1.73 bits per heavy atom. The first-order chi connectivity index (χ1) is 16.1. The summed E-state index contributed by atoms with van der Waals surface area (Å²) in [5.41, 5.74) is 5.84. The Morgan fingerprint density at radius 3 is 2.55 bits per heavy atom. The van der Waals surface area contributed by atoms with E-state index >= 15 is 0 Å². The van der Waals surface area contributed by atoms with Crippen LogP contribution in [-0.2, 0) is 4.74 Å². The Kier molecular flexibility index (Phi) is 4.92. The van der Waals surface area contributed by atoms with Crippen LogP contribution in [0.25, 0.3) is 44.0 Å². The van der Waals surface area contributed by atoms with Gasteiger partial charge in [-0.2, -0.15) is 0 Å². The highest BCUT2D eigenvalue weighted by molar-refractivity contribution is 6.12. The number of rotatable bonds is 3. The molecule has 1 aliphatic rings. The summed E-state index contributed by atoms with van der Waals surface area (Å²) in [6, 6.07) is 17.6. The van der Waals surface area contributed by atoms with Crippen LogP contribution >= 0.6 is 0 Å². The van der Waals surface area contributed by atoms with Gasteiger partial charge in [-0.25, -0.2) is 4.39 Å². The maximum Gasteiger partial charge on any atom is 0.144 e. The van der Waals surface area contributed by atoms with Crippen molar-refractivity contribution in [2.75, 3.05) is 13.2 Å². The molecule has 0 amide bonds. The van der Waals surface area contributed by atoms with Crippen molar-refractivity contribution < 1.29 is 13.5 Å². The van der Waals surface area contributed by atoms with Crippen LogP contribution in [-0.4, -0.2) is 18.2 Å². The number of benzene rings is 3. The molecule has 0 saturated carbocycles. The van der Waals surface area contributed by atoms with Crippen LogP contribution in [0.3, 0.4) is 0 Å². The zero-order valence-corrected chi connectivity index (χ0v) is 18.9. The number of hydrogen-bond acceptors (Lipinski definition) is 3. The van der Waals surface area contributed by atoms with Crippen LogP contribution < -0.4 is 0 Å². The molecule has 0 unspecified atom stereocenters. The van der Waals surface area contributed by atoms with Crippen LogP contribution in [0.1, 0.15) is 49.7 Å². The first kappa shape index (κ1) is 20.4. The van der Waals surface area contributed by atoms with E-state index in [4.69, 9.17) is 14.1 Å². The predicted octanol–water partition coefficient (Wildman–Crippen LogP) is 7.96. The molecule has 3 aromatic carbocycles. The molecule has 33 heavy (non-hydrogen) atoms. The number of aromatic nitrogens is 1. The molecule has 0 bridgehead atoms. The van der Waals surface area contributed by atoms with E-state index in [1.807, 2.05) is 30.5 Å². The van der Waals surface area contributed by atoms with Gasteiger partial charge in [0.2, 0.25) is 0 Å². The summed E-state index contributed by atoms with van der Waals surface area (Å²) >= 11 is 0. The fourth-order valence-electron chi connectivity index (χ4n) is 5.14. The molecular formula is C29H26FNO2. The summed E-state index contributed by atoms with van der Waals surface area (Å²) in [6.07, 6.45) is 3.82. The van der Waals surface area contributed by atoms with Crippen molar-refractivity contribution in [1.29, 1.82) is 0 Å². The van der Waals surface area contributed by atoms with E-state index in [1.54, 1.807) is 6.07 Å². The molecule has 166 valence electrons. The molecule has 3 heterocycles. The lowest BCUT2D eigenvalue weighted by atomic mass is 9.87. The average molecular weight is 440 g/mol. The molecule has 1 aliphatic heterocycles. The molecule has 4 heteroatoms. The highest BCUT2D eigenvalue weighted by Crippen LogP contribution is 2.42. The van der Waals surface area contributed by atoms with E-state index in [2.05, 4.69) is 32.0 Å². The zero-order chi connectivity index (χ0) is 22.5. The van der Waals surface area contributed by atoms with Gasteiger partial charge in [0.05, 0.1) is 5.69 Å². The Morgan fingerprint density at radius 1 is 0.909 bits per heavy atom. The Hall–Kier alpha value is -3.24. The van der Waals surface area contributed by atoms with Crippen molar-refractivity contribution in [1.82, 2.24) is 4.98 Å². The molecule has 3 nitrogen and oxygen atoms in total. The molecule has 2 aromatic heterocycles. The van der Waals surface area contributed by atoms with Gasteiger partial charge in [0, 0.05) is 41.1 Å². The van der Waals surface area contributed by atoms with E-state index in [9.17, 15) is 4.39 Å². The Balaban J connectivity index is 1.66. The quantitative estimate of drug-likeness (QED) is 0.286. The minimum absolute atomic E-state index is 0.224. The number of para-hydroxylation sites is 1. The summed E-state index contributed by atoms with van der Waals surface area (Å²) in [5, 5.41) is 4.09. The van der Waals surface area contributed by atoms with Gasteiger partial charge in [0.1, 0.15) is 17.0 Å². The predicted molar refractivity (Wildman–Crippen MR) is 131 cm³/mol. The molecule has 5 aromatic rings. The van der Waals surface area contributed by atoms with Crippen LogP contribution in [0.5, 0.6) is 0 Å². The third kappa shape index (κ3) is 3.41. The van der Waals surface area contributed by atoms with Crippen molar-refractivity contribution in [3.8, 4) is 11.3 Å². The van der Waals surface area contributed by atoms with Crippen molar-refractivity contribution >= 4 is 32.7 Å². The third-order valence-electron chi connectivity index (χ3n) is 6.96. The number of pyridine rings is 1. The number of ether oxygens (including phenoxy) is 1. The largest absolute Gasteiger partial charge is 0.455 e. The van der Waals surface area contributed by atoms with Gasteiger partial charge in [-0.3, -0.25) is 4.98 Å². The lowest BCUT2D eigenvalue weighted by molar-refractivity contribution is 0.0855. The van der Waals surface area contributed by atoms with Crippen LogP contribution in [0, 0.1) is 5.82 Å². The normalized spacial score (nSPS) is 15.3. The molecule has 0 atom stereocenters. The summed E-state index contributed by atoms with van der Waals surface area (Å²) < 4.78 is 26.3. The van der Waals surface area contributed by atoms with Gasteiger partial charge in [0.25, 0.3) is 0 Å². The standard InChI is InChI=1S/C29H26FNO2/c1-17(2)19-13-24-21-5-3-4-6-27(21)33-29(24)25(14-19)28-22-8-7-20(30)15-23(22)26(16-31-28)18-9-11-32-12-10-18/h3-8,13-18H,9-12H2,1-2H3. The fourth-order valence-corrected chi connectivity index (χ4v) is 5.14. The summed E-state index contributed by atoms with van der Waals surface area (Å²) in [4.78, 5) is 4.98. The van der Waals surface area contributed by atoms with Gasteiger partial charge < -0.3 is 9.15 Å². The number of nitrogens with zero attached hydrogens (tertiary/aromatic N) is 1. The van der Waals surface area contributed by atoms with E-state index in [0.29, 0.717) is 11.8 Å². The molecule has 6 rings (SSSR count). The highest BCUT2D eigenvalue weighted by Gasteiger charge is 2.23. The van der Waals surface area contributed by atoms with Crippen LogP contribution in [0.2, 0.25) is 0 Å². The number of furan rings is 1. The van der Waals surface area contributed by atoms with Crippen molar-refractivity contribution in [2.24, 2.45) is 0 Å². The van der Waals surface area contributed by atoms with E-state index < -0.39 is 0 Å². The molecular weight excluding hydrogens is 413 g/mol. The van der Waals surface area contributed by atoms with Crippen molar-refractivity contribution in [2.45, 2.75) is 38.5 Å². The van der Waals surface area contributed by atoms with E-state index in [0.717, 1.165) is 75.6 Å². The monoisotopic (exact) mass is 439 g/mol. The molecule has 1 saturated heterocycles. The fraction of sp³-hybridized carbons (Fsp3) is 0.276. The molecule has 0 aliphatic carbocycles. The number of hydrogen-bond donors (Lipinski definition) is 0. The van der Waals surface area contributed by atoms with Crippen molar-refractivity contribution in [3.05, 3.63) is 77.7 Å². The second-order valence-corrected chi connectivity index (χ2v) is 9.34. The minimum Gasteiger partial charge on any atom is -0.455 e. The van der Waals surface area contributed by atoms with Gasteiger partial charge in [-0.15, -0.1) is 0 Å². The van der Waals surface area contributed by atoms with Gasteiger partial charge in [-0.05, 0) is 77.6 Å². The Bertz CT molecular complexity index is 1490. The van der Waals surface area contributed by atoms with Crippen molar-refractivity contribution in [3.63, 3.8) is 0 Å². The second-order valence-electron chi connectivity index (χ2n) is 9.34. The van der Waals surface area contributed by atoms with Crippen LogP contribution in [0.15, 0.2) is 65.2 Å². The first-order valence-electron chi connectivity index (χ1n) is 11.7. The lowest BCUT2D eigenvalue weighted by Crippen LogP contribution is -2.14. The minimum atomic E-state index is -0.224. The second kappa shape index (κ2) is 7.96. The maximum atomic E-state index is 14.4. The SMILES string of the molecule is CC(C)c1cc(-c2ncc(C3CCOCC3)c3cc(F)ccc23)c2oc3ccccc3c2c1. The topological polar surface area (TPSA) is 35.3 Å². The number of halogens is 1. The Labute approximate surface area is 192 Å². The molecule has 0 N–H and O–H groups in total. The first-order valence-corrected chi connectivity index (χ1v) is 11.7. The summed E-state index contributed by atoms with van der Waals surface area (Å²) in [7, 11) is 0. The average Bonchev–Trinajstić information content (AvgIpc) is 3.22. The van der Waals surface area contributed by atoms with E-state index in [-0.39, 0.29) is 5.82 Å². The highest BCUT2D eigenvalue weighted by atomic mass is 19.1. The van der Waals surface area contributed by atoms with Gasteiger partial charge in [-0.1, -0.05) is 32.0 Å². The molecule has 0 spiro atoms.